The molecule has 0 aliphatic carbocycles. The summed E-state index contributed by atoms with van der Waals surface area (Å²) in [6, 6.07) is 16.5. The summed E-state index contributed by atoms with van der Waals surface area (Å²) in [7, 11) is 0. The van der Waals surface area contributed by atoms with E-state index in [0.717, 1.165) is 0 Å². The van der Waals surface area contributed by atoms with Crippen molar-refractivity contribution in [3.63, 3.8) is 0 Å². The first kappa shape index (κ1) is 16.4. The normalized spacial score (nSPS) is 10.4. The maximum Gasteiger partial charge on any atom is 0.336 e. The molecule has 124 valence electrons. The van der Waals surface area contributed by atoms with Crippen LogP contribution < -0.4 is 5.32 Å². The molecule has 0 saturated heterocycles. The van der Waals surface area contributed by atoms with Gasteiger partial charge in [0.15, 0.2) is 5.78 Å². The van der Waals surface area contributed by atoms with E-state index in [0.29, 0.717) is 22.0 Å². The van der Waals surface area contributed by atoms with E-state index < -0.39 is 11.9 Å². The minimum Gasteiger partial charge on any atom is -0.478 e. The molecule has 0 spiro atoms. The number of nitrogens with one attached hydrogen (secondary N) is 1. The Balaban J connectivity index is 2.00. The van der Waals surface area contributed by atoms with Crippen LogP contribution in [0, 0.1) is 0 Å². The number of ketones is 1. The zero-order chi connectivity index (χ0) is 18.0. The van der Waals surface area contributed by atoms with Gasteiger partial charge in [0.1, 0.15) is 0 Å². The summed E-state index contributed by atoms with van der Waals surface area (Å²) in [5, 5.41) is 13.2. The average molecular weight is 333 g/mol. The second-order valence-electron chi connectivity index (χ2n) is 5.60. The third kappa shape index (κ3) is 3.26. The van der Waals surface area contributed by atoms with Crippen LogP contribution in [0.1, 0.15) is 38.0 Å². The van der Waals surface area contributed by atoms with Gasteiger partial charge in [-0.05, 0) is 48.7 Å². The fourth-order valence-corrected chi connectivity index (χ4v) is 2.70. The van der Waals surface area contributed by atoms with Gasteiger partial charge >= 0.3 is 5.97 Å². The molecule has 0 aromatic heterocycles. The van der Waals surface area contributed by atoms with Crippen molar-refractivity contribution in [2.75, 3.05) is 5.32 Å². The van der Waals surface area contributed by atoms with E-state index in [9.17, 15) is 19.5 Å². The molecule has 0 radical (unpaired) electrons. The van der Waals surface area contributed by atoms with Crippen molar-refractivity contribution in [3.8, 4) is 0 Å². The number of rotatable bonds is 4. The molecular formula is C20H15NO4. The molecule has 0 aliphatic rings. The number of hydrogen-bond acceptors (Lipinski definition) is 3. The van der Waals surface area contributed by atoms with Crippen LogP contribution in [-0.2, 0) is 0 Å². The number of amides is 1. The third-order valence-corrected chi connectivity index (χ3v) is 3.93. The van der Waals surface area contributed by atoms with Crippen molar-refractivity contribution >= 4 is 34.1 Å². The number of Topliss-reactive ketones (excluding diaryl/α,β-unsaturated/α-hetero) is 1. The highest BCUT2D eigenvalue weighted by Gasteiger charge is 2.16. The van der Waals surface area contributed by atoms with Crippen molar-refractivity contribution in [1.29, 1.82) is 0 Å². The molecule has 0 fully saturated rings. The van der Waals surface area contributed by atoms with Gasteiger partial charge in [0, 0.05) is 22.2 Å². The zero-order valence-corrected chi connectivity index (χ0v) is 13.4. The van der Waals surface area contributed by atoms with E-state index in [1.165, 1.54) is 13.0 Å². The van der Waals surface area contributed by atoms with Crippen LogP contribution in [0.5, 0.6) is 0 Å². The maximum atomic E-state index is 12.7. The monoisotopic (exact) mass is 333 g/mol. The van der Waals surface area contributed by atoms with E-state index in [2.05, 4.69) is 5.32 Å². The number of aromatic carboxylic acids is 1. The maximum absolute atomic E-state index is 12.7. The Hall–Kier alpha value is -3.47. The fourth-order valence-electron chi connectivity index (χ4n) is 2.70. The number of fused-ring (bicyclic) bond motifs is 1. The van der Waals surface area contributed by atoms with E-state index in [4.69, 9.17) is 0 Å². The van der Waals surface area contributed by atoms with Gasteiger partial charge in [0.05, 0.1) is 5.56 Å². The van der Waals surface area contributed by atoms with Crippen LogP contribution in [0.25, 0.3) is 10.8 Å². The molecule has 5 heteroatoms. The van der Waals surface area contributed by atoms with Gasteiger partial charge < -0.3 is 10.4 Å². The molecule has 0 saturated carbocycles. The van der Waals surface area contributed by atoms with E-state index in [-0.39, 0.29) is 16.9 Å². The Bertz CT molecular complexity index is 985. The number of hydrogen-bond donors (Lipinski definition) is 2. The highest BCUT2D eigenvalue weighted by Crippen LogP contribution is 2.24. The summed E-state index contributed by atoms with van der Waals surface area (Å²) in [5.41, 5.74) is 1.44. The number of carboxylic acid groups (broad SMARTS) is 1. The summed E-state index contributed by atoms with van der Waals surface area (Å²) in [6.07, 6.45) is 0. The zero-order valence-electron chi connectivity index (χ0n) is 13.4. The lowest BCUT2D eigenvalue weighted by atomic mass is 9.98. The number of benzene rings is 3. The minimum absolute atomic E-state index is 0.0574. The minimum atomic E-state index is -1.09. The van der Waals surface area contributed by atoms with Gasteiger partial charge in [-0.1, -0.05) is 24.3 Å². The predicted octanol–water partition coefficient (Wildman–Crippen LogP) is 3.99. The van der Waals surface area contributed by atoms with Crippen LogP contribution in [0.15, 0.2) is 60.7 Å². The van der Waals surface area contributed by atoms with Crippen LogP contribution >= 0.6 is 0 Å². The molecule has 0 unspecified atom stereocenters. The van der Waals surface area contributed by atoms with Crippen LogP contribution in [0.2, 0.25) is 0 Å². The lowest BCUT2D eigenvalue weighted by molar-refractivity contribution is 0.0698. The molecular weight excluding hydrogens is 318 g/mol. The third-order valence-electron chi connectivity index (χ3n) is 3.93. The van der Waals surface area contributed by atoms with Crippen LogP contribution in [-0.4, -0.2) is 22.8 Å². The molecule has 2 N–H and O–H groups in total. The molecule has 25 heavy (non-hydrogen) atoms. The number of anilines is 1. The van der Waals surface area contributed by atoms with Crippen molar-refractivity contribution in [2.45, 2.75) is 6.92 Å². The highest BCUT2D eigenvalue weighted by molar-refractivity contribution is 6.17. The summed E-state index contributed by atoms with van der Waals surface area (Å²) in [5.74, 6) is -1.55. The second-order valence-corrected chi connectivity index (χ2v) is 5.60. The first-order valence-corrected chi connectivity index (χ1v) is 7.65. The molecule has 0 aliphatic heterocycles. The molecule has 0 atom stereocenters. The van der Waals surface area contributed by atoms with Gasteiger partial charge in [0.25, 0.3) is 5.91 Å². The van der Waals surface area contributed by atoms with Crippen LogP contribution in [0.3, 0.4) is 0 Å². The molecule has 1 amide bonds. The quantitative estimate of drug-likeness (QED) is 0.707. The Morgan fingerprint density at radius 2 is 1.44 bits per heavy atom. The van der Waals surface area contributed by atoms with Crippen molar-refractivity contribution in [1.82, 2.24) is 0 Å². The van der Waals surface area contributed by atoms with Gasteiger partial charge in [-0.15, -0.1) is 0 Å². The predicted molar refractivity (Wildman–Crippen MR) is 95.3 cm³/mol. The fraction of sp³-hybridized carbons (Fsp3) is 0.0500. The molecule has 5 nitrogen and oxygen atoms in total. The first-order valence-electron chi connectivity index (χ1n) is 7.65. The summed E-state index contributed by atoms with van der Waals surface area (Å²) >= 11 is 0. The smallest absolute Gasteiger partial charge is 0.336 e. The largest absolute Gasteiger partial charge is 0.478 e. The van der Waals surface area contributed by atoms with Crippen molar-refractivity contribution in [3.05, 3.63) is 77.4 Å². The van der Waals surface area contributed by atoms with Gasteiger partial charge in [0.2, 0.25) is 0 Å². The Labute approximate surface area is 143 Å². The van der Waals surface area contributed by atoms with E-state index >= 15 is 0 Å². The van der Waals surface area contributed by atoms with Crippen molar-refractivity contribution < 1.29 is 19.5 Å². The summed E-state index contributed by atoms with van der Waals surface area (Å²) < 4.78 is 0. The Kier molecular flexibility index (Phi) is 4.31. The van der Waals surface area contributed by atoms with Gasteiger partial charge in [-0.25, -0.2) is 4.79 Å². The molecule has 0 heterocycles. The average Bonchev–Trinajstić information content (AvgIpc) is 2.61. The first-order chi connectivity index (χ1) is 12.0. The standard InChI is InChI=1S/C20H15NO4/c1-12(22)13-8-10-15(11-9-13)21-19(23)16-6-2-4-14-5-3-7-17(18(14)16)20(24)25/h2-11H,1H3,(H,21,23)(H,24,25). The Morgan fingerprint density at radius 1 is 0.840 bits per heavy atom. The van der Waals surface area contributed by atoms with Crippen molar-refractivity contribution in [2.24, 2.45) is 0 Å². The summed E-state index contributed by atoms with van der Waals surface area (Å²) in [4.78, 5) is 35.4. The lowest BCUT2D eigenvalue weighted by Gasteiger charge is -2.10. The number of carbonyl (C=O) groups excluding carboxylic acids is 2. The number of carboxylic acids is 1. The molecule has 3 rings (SSSR count). The topological polar surface area (TPSA) is 83.5 Å². The second kappa shape index (κ2) is 6.57. The Morgan fingerprint density at radius 3 is 2.00 bits per heavy atom. The molecule has 0 bridgehead atoms. The van der Waals surface area contributed by atoms with Crippen LogP contribution in [0.4, 0.5) is 5.69 Å². The van der Waals surface area contributed by atoms with E-state index in [1.54, 1.807) is 54.6 Å². The molecule has 3 aromatic carbocycles. The number of carbonyl (C=O) groups is 3. The highest BCUT2D eigenvalue weighted by atomic mass is 16.4. The van der Waals surface area contributed by atoms with E-state index in [1.807, 2.05) is 0 Å². The molecule has 3 aromatic rings. The SMILES string of the molecule is CC(=O)c1ccc(NC(=O)c2cccc3cccc(C(=O)O)c23)cc1. The van der Waals surface area contributed by atoms with Gasteiger partial charge in [-0.3, -0.25) is 9.59 Å². The summed E-state index contributed by atoms with van der Waals surface area (Å²) in [6.45, 7) is 1.47. The lowest BCUT2D eigenvalue weighted by Crippen LogP contribution is -2.13. The van der Waals surface area contributed by atoms with Gasteiger partial charge in [-0.2, -0.15) is 0 Å².